The number of alkyl halides is 3. The van der Waals surface area contributed by atoms with E-state index < -0.39 is 29.2 Å². The first-order valence-corrected chi connectivity index (χ1v) is 13.1. The highest BCUT2D eigenvalue weighted by Gasteiger charge is 2.37. The number of hydrogen-bond donors (Lipinski definition) is 0. The molecule has 0 nitrogen and oxygen atoms in total. The Labute approximate surface area is 230 Å². The van der Waals surface area contributed by atoms with Crippen LogP contribution in [0, 0.1) is 41.1 Å². The van der Waals surface area contributed by atoms with E-state index in [-0.39, 0.29) is 16.5 Å². The predicted octanol–water partition coefficient (Wildman–Crippen LogP) is 9.59. The Hall–Kier alpha value is -4.16. The summed E-state index contributed by atoms with van der Waals surface area (Å²) < 4.78 is 81.0. The van der Waals surface area contributed by atoms with Gasteiger partial charge >= 0.3 is 6.18 Å². The summed E-state index contributed by atoms with van der Waals surface area (Å²) >= 11 is 0. The maximum absolute atomic E-state index is 15.1. The summed E-state index contributed by atoms with van der Waals surface area (Å²) in [6, 6.07) is 17.2. The third-order valence-corrected chi connectivity index (χ3v) is 6.50. The van der Waals surface area contributed by atoms with Crippen LogP contribution in [0.5, 0.6) is 0 Å². The third kappa shape index (κ3) is 7.27. The van der Waals surface area contributed by atoms with Crippen molar-refractivity contribution in [2.45, 2.75) is 51.6 Å². The zero-order valence-corrected chi connectivity index (χ0v) is 21.9. The first-order valence-electron chi connectivity index (χ1n) is 13.1. The Bertz CT molecular complexity index is 1600. The second-order valence-corrected chi connectivity index (χ2v) is 9.54. The quantitative estimate of drug-likeness (QED) is 0.128. The Morgan fingerprint density at radius 1 is 0.625 bits per heavy atom. The van der Waals surface area contributed by atoms with Crippen molar-refractivity contribution < 1.29 is 26.3 Å². The molecule has 0 atom stereocenters. The van der Waals surface area contributed by atoms with Crippen LogP contribution in [0.3, 0.4) is 0 Å². The molecule has 204 valence electrons. The van der Waals surface area contributed by atoms with E-state index in [2.05, 4.69) is 42.7 Å². The standard InChI is InChI=1S/C34H26F6/c1-2-3-4-5-6-7-23-8-10-24(11-9-23)12-13-25-15-19-29-28(20-25)18-17-27(33(29)37)16-14-26-21-30(35)32(31(36)22-26)34(38,39)40/h8-11,15,17-22H,2-7H2,1H3. The fourth-order valence-electron chi connectivity index (χ4n) is 4.35. The molecule has 0 heterocycles. The van der Waals surface area contributed by atoms with Crippen LogP contribution in [0.4, 0.5) is 26.3 Å². The summed E-state index contributed by atoms with van der Waals surface area (Å²) in [6.45, 7) is 2.20. The number of halogens is 6. The lowest BCUT2D eigenvalue weighted by atomic mass is 10.0. The van der Waals surface area contributed by atoms with Gasteiger partial charge in [0.25, 0.3) is 0 Å². The van der Waals surface area contributed by atoms with Crippen LogP contribution in [0.1, 0.15) is 72.4 Å². The van der Waals surface area contributed by atoms with Crippen molar-refractivity contribution in [3.8, 4) is 23.7 Å². The van der Waals surface area contributed by atoms with Gasteiger partial charge < -0.3 is 0 Å². The van der Waals surface area contributed by atoms with Crippen molar-refractivity contribution in [1.29, 1.82) is 0 Å². The van der Waals surface area contributed by atoms with Crippen molar-refractivity contribution in [2.24, 2.45) is 0 Å². The van der Waals surface area contributed by atoms with E-state index in [0.717, 1.165) is 12.0 Å². The molecule has 0 aliphatic rings. The highest BCUT2D eigenvalue weighted by molar-refractivity contribution is 5.86. The van der Waals surface area contributed by atoms with Crippen LogP contribution in [-0.2, 0) is 12.6 Å². The molecule has 0 bridgehead atoms. The topological polar surface area (TPSA) is 0 Å². The number of benzene rings is 4. The van der Waals surface area contributed by atoms with E-state index in [1.54, 1.807) is 24.3 Å². The maximum Gasteiger partial charge on any atom is 0.422 e. The molecule has 0 fully saturated rings. The van der Waals surface area contributed by atoms with Crippen LogP contribution in [0.25, 0.3) is 10.8 Å². The van der Waals surface area contributed by atoms with Crippen LogP contribution >= 0.6 is 0 Å². The van der Waals surface area contributed by atoms with E-state index in [1.165, 1.54) is 43.7 Å². The summed E-state index contributed by atoms with van der Waals surface area (Å²) in [5.74, 6) is 6.80. The average molecular weight is 549 g/mol. The molecule has 0 radical (unpaired) electrons. The third-order valence-electron chi connectivity index (χ3n) is 6.50. The molecule has 40 heavy (non-hydrogen) atoms. The Balaban J connectivity index is 1.48. The molecule has 4 rings (SSSR count). The summed E-state index contributed by atoms with van der Waals surface area (Å²) in [5, 5.41) is 0.852. The number of fused-ring (bicyclic) bond motifs is 1. The molecule has 4 aromatic carbocycles. The lowest BCUT2D eigenvalue weighted by Gasteiger charge is -2.09. The average Bonchev–Trinajstić information content (AvgIpc) is 2.91. The van der Waals surface area contributed by atoms with E-state index in [0.29, 0.717) is 23.1 Å². The molecule has 0 aliphatic heterocycles. The molecule has 0 aliphatic carbocycles. The first-order chi connectivity index (χ1) is 19.2. The Morgan fingerprint density at radius 2 is 1.25 bits per heavy atom. The molecular weight excluding hydrogens is 522 g/mol. The Morgan fingerprint density at radius 3 is 1.93 bits per heavy atom. The predicted molar refractivity (Wildman–Crippen MR) is 146 cm³/mol. The Kier molecular flexibility index (Phi) is 9.22. The van der Waals surface area contributed by atoms with Gasteiger partial charge in [-0.2, -0.15) is 13.2 Å². The normalized spacial score (nSPS) is 11.1. The summed E-state index contributed by atoms with van der Waals surface area (Å²) in [7, 11) is 0. The van der Waals surface area contributed by atoms with Gasteiger partial charge in [-0.15, -0.1) is 0 Å². The van der Waals surface area contributed by atoms with Crippen LogP contribution in [0.2, 0.25) is 0 Å². The van der Waals surface area contributed by atoms with Gasteiger partial charge in [-0.05, 0) is 66.3 Å². The summed E-state index contributed by atoms with van der Waals surface area (Å²) in [6.07, 6.45) is 2.08. The van der Waals surface area contributed by atoms with Gasteiger partial charge in [0, 0.05) is 22.1 Å². The van der Waals surface area contributed by atoms with Gasteiger partial charge in [0.1, 0.15) is 23.0 Å². The van der Waals surface area contributed by atoms with E-state index >= 15 is 4.39 Å². The highest BCUT2D eigenvalue weighted by Crippen LogP contribution is 2.34. The molecule has 0 N–H and O–H groups in total. The molecule has 0 saturated carbocycles. The van der Waals surface area contributed by atoms with Gasteiger partial charge in [0.15, 0.2) is 0 Å². The monoisotopic (exact) mass is 548 g/mol. The minimum atomic E-state index is -5.17. The molecule has 4 aromatic rings. The second kappa shape index (κ2) is 12.8. The SMILES string of the molecule is CCCCCCCc1ccc(C#Cc2ccc3c(F)c(C#Cc4cc(F)c(C(F)(F)F)c(F)c4)ccc3c2)cc1. The molecule has 0 unspecified atom stereocenters. The van der Waals surface area contributed by atoms with E-state index in [4.69, 9.17) is 0 Å². The van der Waals surface area contributed by atoms with E-state index in [9.17, 15) is 22.0 Å². The molecular formula is C34H26F6. The molecule has 0 aromatic heterocycles. The highest BCUT2D eigenvalue weighted by atomic mass is 19.4. The number of aryl methyl sites for hydroxylation is 1. The van der Waals surface area contributed by atoms with Crippen molar-refractivity contribution >= 4 is 10.8 Å². The van der Waals surface area contributed by atoms with Gasteiger partial charge in [-0.1, -0.05) is 80.6 Å². The van der Waals surface area contributed by atoms with E-state index in [1.807, 2.05) is 12.1 Å². The minimum Gasteiger partial charge on any atom is -0.206 e. The van der Waals surface area contributed by atoms with Gasteiger partial charge in [-0.25, -0.2) is 13.2 Å². The lowest BCUT2D eigenvalue weighted by molar-refractivity contribution is -0.142. The maximum atomic E-state index is 15.1. The van der Waals surface area contributed by atoms with Crippen molar-refractivity contribution in [1.82, 2.24) is 0 Å². The largest absolute Gasteiger partial charge is 0.422 e. The minimum absolute atomic E-state index is 0.0579. The fraction of sp³-hybridized carbons (Fsp3) is 0.235. The second-order valence-electron chi connectivity index (χ2n) is 9.54. The molecule has 0 saturated heterocycles. The number of rotatable bonds is 6. The zero-order chi connectivity index (χ0) is 28.7. The zero-order valence-electron chi connectivity index (χ0n) is 21.9. The fourth-order valence-corrected chi connectivity index (χ4v) is 4.35. The number of unbranched alkanes of at least 4 members (excludes halogenated alkanes) is 4. The van der Waals surface area contributed by atoms with Crippen LogP contribution < -0.4 is 0 Å². The van der Waals surface area contributed by atoms with Crippen molar-refractivity contribution in [3.63, 3.8) is 0 Å². The molecule has 0 spiro atoms. The summed E-state index contributed by atoms with van der Waals surface area (Å²) in [4.78, 5) is 0. The van der Waals surface area contributed by atoms with Gasteiger partial charge in [0.05, 0.1) is 5.56 Å². The van der Waals surface area contributed by atoms with Crippen LogP contribution in [0.15, 0.2) is 66.7 Å². The molecule has 0 amide bonds. The van der Waals surface area contributed by atoms with Crippen molar-refractivity contribution in [2.75, 3.05) is 0 Å². The van der Waals surface area contributed by atoms with Gasteiger partial charge in [-0.3, -0.25) is 0 Å². The number of hydrogen-bond acceptors (Lipinski definition) is 0. The smallest absolute Gasteiger partial charge is 0.206 e. The molecule has 6 heteroatoms. The van der Waals surface area contributed by atoms with Crippen LogP contribution in [-0.4, -0.2) is 0 Å². The van der Waals surface area contributed by atoms with Crippen molar-refractivity contribution in [3.05, 3.63) is 118 Å². The van der Waals surface area contributed by atoms with Gasteiger partial charge in [0.2, 0.25) is 0 Å². The lowest BCUT2D eigenvalue weighted by Crippen LogP contribution is -2.11. The summed E-state index contributed by atoms with van der Waals surface area (Å²) in [5.41, 5.74) is 0.476. The first kappa shape index (κ1) is 28.8.